The van der Waals surface area contributed by atoms with Gasteiger partial charge in [-0.15, -0.1) is 0 Å². The van der Waals surface area contributed by atoms with Crippen molar-refractivity contribution in [2.45, 2.75) is 82.1 Å². The monoisotopic (exact) mass is 406 g/mol. The van der Waals surface area contributed by atoms with E-state index in [1.165, 1.54) is 12.2 Å². The van der Waals surface area contributed by atoms with Crippen LogP contribution in [0.4, 0.5) is 0 Å². The number of rotatable bonds is 6. The molecule has 1 saturated carbocycles. The van der Waals surface area contributed by atoms with Crippen LogP contribution in [-0.4, -0.2) is 97.5 Å². The average Bonchev–Trinajstić information content (AvgIpc) is 2.62. The largest absolute Gasteiger partial charge is 0.394 e. The molecule has 28 heavy (non-hydrogen) atoms. The van der Waals surface area contributed by atoms with E-state index < -0.39 is 67.1 Å². The van der Waals surface area contributed by atoms with Crippen LogP contribution in [0.3, 0.4) is 0 Å². The molecule has 0 bridgehead atoms. The first kappa shape index (κ1) is 23.7. The normalized spacial score (nSPS) is 45.3. The molecule has 2 aliphatic rings. The first-order valence-electron chi connectivity index (χ1n) is 9.63. The molecule has 1 aliphatic heterocycles. The predicted molar refractivity (Wildman–Crippen MR) is 98.0 cm³/mol. The van der Waals surface area contributed by atoms with Crippen LogP contribution in [0, 0.1) is 11.3 Å². The van der Waals surface area contributed by atoms with E-state index in [0.29, 0.717) is 12.8 Å². The van der Waals surface area contributed by atoms with Crippen molar-refractivity contribution in [1.82, 2.24) is 0 Å². The summed E-state index contributed by atoms with van der Waals surface area (Å²) >= 11 is 0. The lowest BCUT2D eigenvalue weighted by molar-refractivity contribution is -0.309. The van der Waals surface area contributed by atoms with Crippen molar-refractivity contribution in [3.05, 3.63) is 12.2 Å². The number of hydrogen-bond acceptors (Lipinski definition) is 9. The molecule has 164 valence electrons. The Morgan fingerprint density at radius 3 is 2.29 bits per heavy atom. The third kappa shape index (κ3) is 4.58. The fourth-order valence-corrected chi connectivity index (χ4v) is 4.24. The Kier molecular flexibility index (Phi) is 7.63. The lowest BCUT2D eigenvalue weighted by Crippen LogP contribution is -2.59. The molecule has 1 saturated heterocycles. The van der Waals surface area contributed by atoms with Gasteiger partial charge in [-0.05, 0) is 24.2 Å². The maximum atomic E-state index is 11.2. The van der Waals surface area contributed by atoms with E-state index in [-0.39, 0.29) is 5.92 Å². The summed E-state index contributed by atoms with van der Waals surface area (Å²) < 4.78 is 10.8. The smallest absolute Gasteiger partial charge is 0.187 e. The number of ether oxygens (including phenoxy) is 2. The van der Waals surface area contributed by atoms with Gasteiger partial charge in [0.05, 0.1) is 24.9 Å². The van der Waals surface area contributed by atoms with Crippen molar-refractivity contribution < 1.29 is 45.2 Å². The number of aliphatic hydroxyl groups excluding tert-OH is 6. The van der Waals surface area contributed by atoms with Crippen molar-refractivity contribution >= 4 is 0 Å². The molecule has 1 aliphatic carbocycles. The highest BCUT2D eigenvalue weighted by Crippen LogP contribution is 2.48. The maximum absolute atomic E-state index is 11.2. The summed E-state index contributed by atoms with van der Waals surface area (Å²) in [6, 6.07) is 0. The van der Waals surface area contributed by atoms with Gasteiger partial charge in [0.2, 0.25) is 0 Å². The second kappa shape index (κ2) is 9.03. The van der Waals surface area contributed by atoms with Crippen molar-refractivity contribution in [3.8, 4) is 0 Å². The van der Waals surface area contributed by atoms with Gasteiger partial charge in [-0.1, -0.05) is 32.9 Å². The van der Waals surface area contributed by atoms with E-state index in [9.17, 15) is 35.7 Å². The van der Waals surface area contributed by atoms with Crippen molar-refractivity contribution in [3.63, 3.8) is 0 Å². The Morgan fingerprint density at radius 1 is 1.11 bits per heavy atom. The minimum Gasteiger partial charge on any atom is -0.394 e. The highest BCUT2D eigenvalue weighted by atomic mass is 16.7. The fraction of sp³-hybridized carbons (Fsp3) is 0.895. The molecule has 0 aromatic heterocycles. The molecule has 7 N–H and O–H groups in total. The Morgan fingerprint density at radius 2 is 1.75 bits per heavy atom. The summed E-state index contributed by atoms with van der Waals surface area (Å²) in [5.74, 6) is -0.242. The Balaban J connectivity index is 2.13. The van der Waals surface area contributed by atoms with Gasteiger partial charge >= 0.3 is 0 Å². The highest BCUT2D eigenvalue weighted by Gasteiger charge is 2.50. The molecule has 0 aromatic rings. The number of hydrogen-bond donors (Lipinski definition) is 7. The molecular weight excluding hydrogens is 372 g/mol. The summed E-state index contributed by atoms with van der Waals surface area (Å²) in [5, 5.41) is 69.8. The second-order valence-electron chi connectivity index (χ2n) is 8.62. The molecule has 2 fully saturated rings. The van der Waals surface area contributed by atoms with Crippen LogP contribution in [0.15, 0.2) is 12.2 Å². The second-order valence-corrected chi connectivity index (χ2v) is 8.62. The average molecular weight is 406 g/mol. The van der Waals surface area contributed by atoms with E-state index in [1.54, 1.807) is 0 Å². The van der Waals surface area contributed by atoms with Gasteiger partial charge < -0.3 is 45.2 Å². The third-order valence-electron chi connectivity index (χ3n) is 6.11. The van der Waals surface area contributed by atoms with Crippen LogP contribution in [0.2, 0.25) is 0 Å². The Bertz CT molecular complexity index is 537. The highest BCUT2D eigenvalue weighted by molar-refractivity contribution is 5.15. The van der Waals surface area contributed by atoms with Crippen LogP contribution in [0.5, 0.6) is 0 Å². The molecule has 1 heterocycles. The molecule has 0 aromatic carbocycles. The quantitative estimate of drug-likeness (QED) is 0.254. The minimum atomic E-state index is -1.58. The summed E-state index contributed by atoms with van der Waals surface area (Å²) in [4.78, 5) is 0. The van der Waals surface area contributed by atoms with E-state index in [2.05, 4.69) is 0 Å². The Labute approximate surface area is 164 Å². The maximum Gasteiger partial charge on any atom is 0.187 e. The minimum absolute atomic E-state index is 0.242. The summed E-state index contributed by atoms with van der Waals surface area (Å²) in [5.41, 5.74) is -1.87. The number of aliphatic hydroxyl groups is 7. The van der Waals surface area contributed by atoms with Crippen LogP contribution in [0.1, 0.15) is 33.6 Å². The fourth-order valence-electron chi connectivity index (χ4n) is 4.24. The molecule has 0 spiro atoms. The van der Waals surface area contributed by atoms with Crippen molar-refractivity contribution in [2.75, 3.05) is 13.2 Å². The summed E-state index contributed by atoms with van der Waals surface area (Å²) in [6.45, 7) is 4.46. The van der Waals surface area contributed by atoms with Crippen LogP contribution in [-0.2, 0) is 9.47 Å². The first-order chi connectivity index (χ1) is 13.0. The zero-order valence-corrected chi connectivity index (χ0v) is 16.5. The van der Waals surface area contributed by atoms with E-state index in [1.807, 2.05) is 20.8 Å². The van der Waals surface area contributed by atoms with E-state index in [0.717, 1.165) is 0 Å². The molecule has 9 heteroatoms. The first-order valence-corrected chi connectivity index (χ1v) is 9.63. The molecule has 9 atom stereocenters. The topological polar surface area (TPSA) is 160 Å². The third-order valence-corrected chi connectivity index (χ3v) is 6.11. The van der Waals surface area contributed by atoms with Crippen LogP contribution < -0.4 is 0 Å². The van der Waals surface area contributed by atoms with Gasteiger partial charge in [-0.3, -0.25) is 0 Å². The van der Waals surface area contributed by atoms with E-state index in [4.69, 9.17) is 9.47 Å². The van der Waals surface area contributed by atoms with Gasteiger partial charge in [0.15, 0.2) is 6.29 Å². The summed E-state index contributed by atoms with van der Waals surface area (Å²) in [6.07, 6.45) is -4.80. The van der Waals surface area contributed by atoms with Gasteiger partial charge in [0.1, 0.15) is 30.5 Å². The zero-order valence-electron chi connectivity index (χ0n) is 16.5. The molecule has 0 radical (unpaired) electrons. The van der Waals surface area contributed by atoms with Gasteiger partial charge in [-0.25, -0.2) is 0 Å². The van der Waals surface area contributed by atoms with Gasteiger partial charge in [0.25, 0.3) is 0 Å². The van der Waals surface area contributed by atoms with Crippen molar-refractivity contribution in [1.29, 1.82) is 0 Å². The molecule has 4 unspecified atom stereocenters. The standard InChI is InChI=1S/C19H34O9/c1-10-6-11(22)7-18(2,3)19(10,26)5-4-12(8-20)27-17-16(25)15(24)14(23)13(9-21)28-17/h4-5,10-17,20-26H,6-9H2,1-3H3/b5-4+/t10?,11?,12?,13-,14-,15+,16-,17-,19?/m1/s1. The lowest BCUT2D eigenvalue weighted by atomic mass is 9.60. The molecular formula is C19H34O9. The molecule has 2 rings (SSSR count). The van der Waals surface area contributed by atoms with Crippen LogP contribution in [0.25, 0.3) is 0 Å². The SMILES string of the molecule is CC1CC(O)CC(C)(C)C1(O)/C=C/C(CO)O[C@@H]1O[C@H](CO)[C@@H](O)[C@H](O)[C@H]1O. The Hall–Kier alpha value is -0.620. The van der Waals surface area contributed by atoms with Crippen LogP contribution >= 0.6 is 0 Å². The lowest BCUT2D eigenvalue weighted by Gasteiger charge is -2.50. The predicted octanol–water partition coefficient (Wildman–Crippen LogP) is -1.73. The van der Waals surface area contributed by atoms with Gasteiger partial charge in [0, 0.05) is 0 Å². The van der Waals surface area contributed by atoms with Gasteiger partial charge in [-0.2, -0.15) is 0 Å². The molecule has 0 amide bonds. The summed E-state index contributed by atoms with van der Waals surface area (Å²) in [7, 11) is 0. The van der Waals surface area contributed by atoms with E-state index >= 15 is 0 Å². The zero-order chi connectivity index (χ0) is 21.3. The van der Waals surface area contributed by atoms with Crippen molar-refractivity contribution in [2.24, 2.45) is 11.3 Å². The molecule has 9 nitrogen and oxygen atoms in total.